The van der Waals surface area contributed by atoms with Crippen LogP contribution in [0.5, 0.6) is 0 Å². The van der Waals surface area contributed by atoms with Crippen LogP contribution in [0.2, 0.25) is 0 Å². The number of allylic oxidation sites excluding steroid dienone is 1. The molecule has 2 nitrogen and oxygen atoms in total. The largest absolute Gasteiger partial charge is 0.327 e. The van der Waals surface area contributed by atoms with E-state index in [0.717, 1.165) is 12.2 Å². The molecule has 0 saturated heterocycles. The number of imidazole rings is 1. The lowest BCUT2D eigenvalue weighted by atomic mass is 10.1. The molecule has 0 N–H and O–H groups in total. The van der Waals surface area contributed by atoms with Gasteiger partial charge in [0.1, 0.15) is 0 Å². The van der Waals surface area contributed by atoms with Crippen molar-refractivity contribution in [1.29, 1.82) is 0 Å². The lowest BCUT2D eigenvalue weighted by Crippen LogP contribution is -1.99. The zero-order valence-corrected chi connectivity index (χ0v) is 9.72. The monoisotopic (exact) mass is 212 g/mol. The van der Waals surface area contributed by atoms with Crippen LogP contribution in [-0.2, 0) is 6.54 Å². The minimum absolute atomic E-state index is 0.875. The van der Waals surface area contributed by atoms with Crippen molar-refractivity contribution >= 4 is 6.08 Å². The van der Waals surface area contributed by atoms with Gasteiger partial charge in [-0.05, 0) is 25.5 Å². The first kappa shape index (κ1) is 10.7. The fourth-order valence-corrected chi connectivity index (χ4v) is 1.66. The molecule has 0 aliphatic carbocycles. The molecule has 0 amide bonds. The second-order valence-corrected chi connectivity index (χ2v) is 3.93. The predicted molar refractivity (Wildman–Crippen MR) is 67.2 cm³/mol. The van der Waals surface area contributed by atoms with Gasteiger partial charge in [0.25, 0.3) is 0 Å². The Bertz CT molecular complexity index is 478. The van der Waals surface area contributed by atoms with Crippen LogP contribution in [0.4, 0.5) is 0 Å². The van der Waals surface area contributed by atoms with E-state index in [4.69, 9.17) is 0 Å². The Labute approximate surface area is 96.3 Å². The molecule has 0 fully saturated rings. The highest BCUT2D eigenvalue weighted by molar-refractivity contribution is 5.43. The molecule has 0 spiro atoms. The Morgan fingerprint density at radius 2 is 2.00 bits per heavy atom. The van der Waals surface area contributed by atoms with Gasteiger partial charge in [-0.1, -0.05) is 35.9 Å². The number of rotatable bonds is 3. The molecule has 2 heteroatoms. The van der Waals surface area contributed by atoms with Crippen molar-refractivity contribution in [3.05, 3.63) is 59.7 Å². The summed E-state index contributed by atoms with van der Waals surface area (Å²) in [4.78, 5) is 4.17. The van der Waals surface area contributed by atoms with Gasteiger partial charge in [0, 0.05) is 6.54 Å². The van der Waals surface area contributed by atoms with Crippen LogP contribution in [0.15, 0.2) is 42.9 Å². The van der Waals surface area contributed by atoms with Crippen LogP contribution in [0, 0.1) is 6.92 Å². The van der Waals surface area contributed by atoms with Gasteiger partial charge in [-0.2, -0.15) is 0 Å². The SMILES string of the molecule is CC=Cc1cncn1Cc1ccc(C)cc1. The molecule has 0 unspecified atom stereocenters. The summed E-state index contributed by atoms with van der Waals surface area (Å²) >= 11 is 0. The van der Waals surface area contributed by atoms with Crippen molar-refractivity contribution in [1.82, 2.24) is 9.55 Å². The maximum absolute atomic E-state index is 4.17. The molecule has 0 bridgehead atoms. The van der Waals surface area contributed by atoms with Gasteiger partial charge in [-0.25, -0.2) is 4.98 Å². The first-order chi connectivity index (χ1) is 7.79. The molecule has 1 aromatic heterocycles. The molecular weight excluding hydrogens is 196 g/mol. The van der Waals surface area contributed by atoms with Gasteiger partial charge in [0.05, 0.1) is 18.2 Å². The van der Waals surface area contributed by atoms with Gasteiger partial charge in [0.15, 0.2) is 0 Å². The van der Waals surface area contributed by atoms with E-state index in [2.05, 4.69) is 46.8 Å². The highest BCUT2D eigenvalue weighted by Crippen LogP contribution is 2.09. The Morgan fingerprint density at radius 3 is 2.69 bits per heavy atom. The van der Waals surface area contributed by atoms with Crippen molar-refractivity contribution in [3.8, 4) is 0 Å². The van der Waals surface area contributed by atoms with Crippen LogP contribution in [0.1, 0.15) is 23.7 Å². The van der Waals surface area contributed by atoms with E-state index < -0.39 is 0 Å². The van der Waals surface area contributed by atoms with Crippen molar-refractivity contribution in [2.45, 2.75) is 20.4 Å². The smallest absolute Gasteiger partial charge is 0.0953 e. The van der Waals surface area contributed by atoms with Gasteiger partial charge in [-0.3, -0.25) is 0 Å². The summed E-state index contributed by atoms with van der Waals surface area (Å²) in [5.41, 5.74) is 3.74. The zero-order valence-electron chi connectivity index (χ0n) is 9.72. The fourth-order valence-electron chi connectivity index (χ4n) is 1.66. The van der Waals surface area contributed by atoms with Crippen molar-refractivity contribution in [2.75, 3.05) is 0 Å². The predicted octanol–water partition coefficient (Wildman–Crippen LogP) is 3.27. The average molecular weight is 212 g/mol. The minimum Gasteiger partial charge on any atom is -0.327 e. The maximum atomic E-state index is 4.17. The third-order valence-electron chi connectivity index (χ3n) is 2.56. The van der Waals surface area contributed by atoms with E-state index >= 15 is 0 Å². The Morgan fingerprint density at radius 1 is 1.25 bits per heavy atom. The molecule has 0 radical (unpaired) electrons. The topological polar surface area (TPSA) is 17.8 Å². The normalized spacial score (nSPS) is 11.1. The lowest BCUT2D eigenvalue weighted by molar-refractivity contribution is 0.789. The second-order valence-electron chi connectivity index (χ2n) is 3.93. The van der Waals surface area contributed by atoms with Gasteiger partial charge < -0.3 is 4.57 Å². The summed E-state index contributed by atoms with van der Waals surface area (Å²) in [5.74, 6) is 0. The number of benzene rings is 1. The number of hydrogen-bond acceptors (Lipinski definition) is 1. The standard InChI is InChI=1S/C14H16N2/c1-3-4-14-9-15-11-16(14)10-13-7-5-12(2)6-8-13/h3-9,11H,10H2,1-2H3. The van der Waals surface area contributed by atoms with Crippen LogP contribution in [-0.4, -0.2) is 9.55 Å². The number of hydrogen-bond donors (Lipinski definition) is 0. The second kappa shape index (κ2) is 4.79. The van der Waals surface area contributed by atoms with Crippen molar-refractivity contribution < 1.29 is 0 Å². The molecule has 82 valence electrons. The molecule has 2 rings (SSSR count). The van der Waals surface area contributed by atoms with Gasteiger partial charge in [0.2, 0.25) is 0 Å². The third kappa shape index (κ3) is 2.40. The van der Waals surface area contributed by atoms with E-state index in [0.29, 0.717) is 0 Å². The van der Waals surface area contributed by atoms with Crippen molar-refractivity contribution in [3.63, 3.8) is 0 Å². The molecule has 16 heavy (non-hydrogen) atoms. The summed E-state index contributed by atoms with van der Waals surface area (Å²) in [6.07, 6.45) is 7.85. The summed E-state index contributed by atoms with van der Waals surface area (Å²) < 4.78 is 2.14. The zero-order chi connectivity index (χ0) is 11.4. The molecule has 0 aliphatic heterocycles. The van der Waals surface area contributed by atoms with Crippen LogP contribution >= 0.6 is 0 Å². The molecule has 2 aromatic rings. The third-order valence-corrected chi connectivity index (χ3v) is 2.56. The summed E-state index contributed by atoms with van der Waals surface area (Å²) in [7, 11) is 0. The van der Waals surface area contributed by atoms with E-state index in [1.165, 1.54) is 11.1 Å². The Kier molecular flexibility index (Phi) is 3.20. The molecule has 1 heterocycles. The first-order valence-corrected chi connectivity index (χ1v) is 5.48. The van der Waals surface area contributed by atoms with Crippen LogP contribution in [0.25, 0.3) is 6.08 Å². The van der Waals surface area contributed by atoms with E-state index in [1.807, 2.05) is 25.5 Å². The molecule has 1 aromatic carbocycles. The van der Waals surface area contributed by atoms with E-state index in [-0.39, 0.29) is 0 Å². The summed E-state index contributed by atoms with van der Waals surface area (Å²) in [6.45, 7) is 5.00. The molecule has 0 aliphatic rings. The molecule has 0 saturated carbocycles. The van der Waals surface area contributed by atoms with Crippen LogP contribution in [0.3, 0.4) is 0 Å². The average Bonchev–Trinajstić information content (AvgIpc) is 2.70. The molecule has 0 atom stereocenters. The van der Waals surface area contributed by atoms with Gasteiger partial charge in [-0.15, -0.1) is 0 Å². The number of aromatic nitrogens is 2. The number of aryl methyl sites for hydroxylation is 1. The number of nitrogens with zero attached hydrogens (tertiary/aromatic N) is 2. The van der Waals surface area contributed by atoms with E-state index in [1.54, 1.807) is 0 Å². The first-order valence-electron chi connectivity index (χ1n) is 5.48. The Balaban J connectivity index is 2.20. The highest BCUT2D eigenvalue weighted by Gasteiger charge is 1.99. The summed E-state index contributed by atoms with van der Waals surface area (Å²) in [6, 6.07) is 8.60. The summed E-state index contributed by atoms with van der Waals surface area (Å²) in [5, 5.41) is 0. The fraction of sp³-hybridized carbons (Fsp3) is 0.214. The Hall–Kier alpha value is -1.83. The van der Waals surface area contributed by atoms with Crippen LogP contribution < -0.4 is 0 Å². The van der Waals surface area contributed by atoms with E-state index in [9.17, 15) is 0 Å². The van der Waals surface area contributed by atoms with Gasteiger partial charge >= 0.3 is 0 Å². The highest BCUT2D eigenvalue weighted by atomic mass is 15.0. The minimum atomic E-state index is 0.875. The quantitative estimate of drug-likeness (QED) is 0.763. The molecular formula is C14H16N2. The van der Waals surface area contributed by atoms with Crippen molar-refractivity contribution in [2.24, 2.45) is 0 Å². The maximum Gasteiger partial charge on any atom is 0.0953 e. The lowest BCUT2D eigenvalue weighted by Gasteiger charge is -2.05.